The van der Waals surface area contributed by atoms with E-state index < -0.39 is 11.6 Å². The van der Waals surface area contributed by atoms with E-state index in [0.717, 1.165) is 0 Å². The Morgan fingerprint density at radius 3 is 2.44 bits per heavy atom. The molecule has 5 heteroatoms. The third kappa shape index (κ3) is 2.20. The van der Waals surface area contributed by atoms with Crippen LogP contribution in [0.15, 0.2) is 42.5 Å². The zero-order valence-corrected chi connectivity index (χ0v) is 9.91. The summed E-state index contributed by atoms with van der Waals surface area (Å²) in [7, 11) is 0. The molecule has 18 heavy (non-hydrogen) atoms. The highest BCUT2D eigenvalue weighted by Crippen LogP contribution is 2.27. The number of ketones is 1. The molecule has 0 saturated heterocycles. The number of rotatable bonds is 3. The molecular formula is C13H9ClFNO2. The van der Waals surface area contributed by atoms with Gasteiger partial charge in [-0.25, -0.2) is 4.39 Å². The fourth-order valence-electron chi connectivity index (χ4n) is 1.62. The van der Waals surface area contributed by atoms with Crippen molar-refractivity contribution < 1.29 is 14.4 Å². The third-order valence-corrected chi connectivity index (χ3v) is 2.80. The van der Waals surface area contributed by atoms with Gasteiger partial charge in [0.1, 0.15) is 5.82 Å². The van der Waals surface area contributed by atoms with Crippen molar-refractivity contribution in [1.29, 1.82) is 0 Å². The second kappa shape index (κ2) is 5.16. The van der Waals surface area contributed by atoms with Crippen molar-refractivity contribution in [2.24, 2.45) is 0 Å². The van der Waals surface area contributed by atoms with Crippen LogP contribution in [0.3, 0.4) is 0 Å². The SMILES string of the molecule is O=C(c1ccccc1F)c1cccc(Cl)c1NO. The lowest BCUT2D eigenvalue weighted by Gasteiger charge is -2.09. The Balaban J connectivity index is 2.54. The standard InChI is InChI=1S/C13H9ClFNO2/c14-10-6-3-5-9(12(10)16-18)13(17)8-4-1-2-7-11(8)15/h1-7,16,18H. The van der Waals surface area contributed by atoms with Gasteiger partial charge >= 0.3 is 0 Å². The smallest absolute Gasteiger partial charge is 0.198 e. The predicted octanol–water partition coefficient (Wildman–Crippen LogP) is 3.51. The largest absolute Gasteiger partial charge is 0.291 e. The van der Waals surface area contributed by atoms with Crippen molar-refractivity contribution >= 4 is 23.1 Å². The van der Waals surface area contributed by atoms with E-state index in [1.54, 1.807) is 12.1 Å². The van der Waals surface area contributed by atoms with E-state index in [-0.39, 0.29) is 21.8 Å². The fourth-order valence-corrected chi connectivity index (χ4v) is 1.83. The summed E-state index contributed by atoms with van der Waals surface area (Å²) < 4.78 is 13.5. The van der Waals surface area contributed by atoms with Crippen LogP contribution in [-0.2, 0) is 0 Å². The van der Waals surface area contributed by atoms with Gasteiger partial charge in [0.15, 0.2) is 5.78 Å². The minimum Gasteiger partial charge on any atom is -0.291 e. The van der Waals surface area contributed by atoms with E-state index >= 15 is 0 Å². The van der Waals surface area contributed by atoms with Gasteiger partial charge in [-0.05, 0) is 24.3 Å². The van der Waals surface area contributed by atoms with Crippen LogP contribution in [0.25, 0.3) is 0 Å². The van der Waals surface area contributed by atoms with Crippen LogP contribution in [0.1, 0.15) is 15.9 Å². The molecule has 0 bridgehead atoms. The number of nitrogens with one attached hydrogen (secondary N) is 1. The van der Waals surface area contributed by atoms with E-state index in [9.17, 15) is 9.18 Å². The molecule has 0 aromatic heterocycles. The highest BCUT2D eigenvalue weighted by Gasteiger charge is 2.18. The van der Waals surface area contributed by atoms with E-state index in [2.05, 4.69) is 0 Å². The van der Waals surface area contributed by atoms with Crippen LogP contribution < -0.4 is 5.48 Å². The Morgan fingerprint density at radius 1 is 1.11 bits per heavy atom. The van der Waals surface area contributed by atoms with Crippen LogP contribution >= 0.6 is 11.6 Å². The second-order valence-electron chi connectivity index (χ2n) is 3.58. The van der Waals surface area contributed by atoms with Crippen molar-refractivity contribution in [3.63, 3.8) is 0 Å². The topological polar surface area (TPSA) is 49.3 Å². The summed E-state index contributed by atoms with van der Waals surface area (Å²) in [6, 6.07) is 10.2. The van der Waals surface area contributed by atoms with Crippen molar-refractivity contribution in [3.8, 4) is 0 Å². The summed E-state index contributed by atoms with van der Waals surface area (Å²) >= 11 is 5.83. The average molecular weight is 266 g/mol. The molecule has 2 N–H and O–H groups in total. The van der Waals surface area contributed by atoms with Crippen LogP contribution in [0.2, 0.25) is 5.02 Å². The van der Waals surface area contributed by atoms with Crippen LogP contribution in [0.4, 0.5) is 10.1 Å². The Bertz CT molecular complexity index is 601. The van der Waals surface area contributed by atoms with Crippen molar-refractivity contribution in [2.45, 2.75) is 0 Å². The number of hydrogen-bond donors (Lipinski definition) is 2. The number of benzene rings is 2. The molecule has 0 fully saturated rings. The van der Waals surface area contributed by atoms with Crippen LogP contribution in [0, 0.1) is 5.82 Å². The van der Waals surface area contributed by atoms with E-state index in [0.29, 0.717) is 0 Å². The normalized spacial score (nSPS) is 10.2. The maximum atomic E-state index is 13.5. The maximum absolute atomic E-state index is 13.5. The van der Waals surface area contributed by atoms with Gasteiger partial charge in [0, 0.05) is 5.56 Å². The first-order valence-corrected chi connectivity index (χ1v) is 5.51. The minimum absolute atomic E-state index is 0.0624. The van der Waals surface area contributed by atoms with Crippen LogP contribution in [0.5, 0.6) is 0 Å². The molecule has 0 aliphatic heterocycles. The lowest BCUT2D eigenvalue weighted by atomic mass is 10.0. The Hall–Kier alpha value is -1.91. The van der Waals surface area contributed by atoms with Crippen molar-refractivity contribution in [1.82, 2.24) is 0 Å². The number of halogens is 2. The summed E-state index contributed by atoms with van der Waals surface area (Å²) in [5, 5.41) is 9.16. The molecule has 2 aromatic carbocycles. The molecule has 2 aromatic rings. The fraction of sp³-hybridized carbons (Fsp3) is 0. The summed E-state index contributed by atoms with van der Waals surface area (Å²) in [6.07, 6.45) is 0. The van der Waals surface area contributed by atoms with Gasteiger partial charge in [-0.2, -0.15) is 0 Å². The van der Waals surface area contributed by atoms with Gasteiger partial charge in [0.05, 0.1) is 16.3 Å². The Labute approximate surface area is 108 Å². The molecule has 0 heterocycles. The number of para-hydroxylation sites is 1. The molecule has 0 radical (unpaired) electrons. The molecule has 3 nitrogen and oxygen atoms in total. The molecule has 92 valence electrons. The van der Waals surface area contributed by atoms with E-state index in [1.807, 2.05) is 5.48 Å². The van der Waals surface area contributed by atoms with E-state index in [4.69, 9.17) is 16.8 Å². The first-order valence-electron chi connectivity index (χ1n) is 5.13. The second-order valence-corrected chi connectivity index (χ2v) is 3.99. The molecule has 0 aliphatic rings. The van der Waals surface area contributed by atoms with Gasteiger partial charge < -0.3 is 0 Å². The number of carbonyl (C=O) groups excluding carboxylic acids is 1. The predicted molar refractivity (Wildman–Crippen MR) is 66.7 cm³/mol. The zero-order chi connectivity index (χ0) is 13.1. The van der Waals surface area contributed by atoms with Crippen LogP contribution in [-0.4, -0.2) is 11.0 Å². The lowest BCUT2D eigenvalue weighted by Crippen LogP contribution is -2.08. The molecule has 0 amide bonds. The molecule has 0 unspecified atom stereocenters. The number of carbonyl (C=O) groups is 1. The quantitative estimate of drug-likeness (QED) is 0.659. The summed E-state index contributed by atoms with van der Waals surface area (Å²) in [4.78, 5) is 12.1. The monoisotopic (exact) mass is 265 g/mol. The van der Waals surface area contributed by atoms with Gasteiger partial charge in [-0.1, -0.05) is 29.8 Å². The average Bonchev–Trinajstić information content (AvgIpc) is 2.38. The third-order valence-electron chi connectivity index (χ3n) is 2.49. The molecule has 0 aliphatic carbocycles. The Morgan fingerprint density at radius 2 is 1.78 bits per heavy atom. The Kier molecular flexibility index (Phi) is 3.60. The summed E-state index contributed by atoms with van der Waals surface area (Å²) in [5.41, 5.74) is 1.95. The summed E-state index contributed by atoms with van der Waals surface area (Å²) in [5.74, 6) is -1.17. The first kappa shape index (κ1) is 12.5. The number of anilines is 1. The molecule has 0 spiro atoms. The number of hydrogen-bond acceptors (Lipinski definition) is 3. The highest BCUT2D eigenvalue weighted by atomic mass is 35.5. The lowest BCUT2D eigenvalue weighted by molar-refractivity contribution is 0.103. The molecule has 0 atom stereocenters. The zero-order valence-electron chi connectivity index (χ0n) is 9.15. The van der Waals surface area contributed by atoms with Crippen molar-refractivity contribution in [2.75, 3.05) is 5.48 Å². The maximum Gasteiger partial charge on any atom is 0.198 e. The highest BCUT2D eigenvalue weighted by molar-refractivity contribution is 6.34. The molecule has 2 rings (SSSR count). The van der Waals surface area contributed by atoms with Gasteiger partial charge in [0.2, 0.25) is 0 Å². The van der Waals surface area contributed by atoms with E-state index in [1.165, 1.54) is 30.3 Å². The summed E-state index contributed by atoms with van der Waals surface area (Å²) in [6.45, 7) is 0. The molecule has 0 saturated carbocycles. The van der Waals surface area contributed by atoms with Crippen molar-refractivity contribution in [3.05, 3.63) is 64.4 Å². The van der Waals surface area contributed by atoms with Gasteiger partial charge in [-0.15, -0.1) is 0 Å². The molecular weight excluding hydrogens is 257 g/mol. The van der Waals surface area contributed by atoms with Gasteiger partial charge in [-0.3, -0.25) is 15.5 Å². The minimum atomic E-state index is -0.619. The first-order chi connectivity index (χ1) is 8.65. The van der Waals surface area contributed by atoms with Gasteiger partial charge in [0.25, 0.3) is 0 Å².